The fourth-order valence-corrected chi connectivity index (χ4v) is 3.57. The minimum Gasteiger partial charge on any atom is -0.360 e. The van der Waals surface area contributed by atoms with Crippen molar-refractivity contribution in [2.75, 3.05) is 16.4 Å². The van der Waals surface area contributed by atoms with E-state index in [1.807, 2.05) is 31.2 Å². The Kier molecular flexibility index (Phi) is 8.26. The van der Waals surface area contributed by atoms with Gasteiger partial charge >= 0.3 is 0 Å². The average Bonchev–Trinajstić information content (AvgIpc) is 3.21. The molecule has 1 atom stereocenters. The van der Waals surface area contributed by atoms with Gasteiger partial charge in [-0.3, -0.25) is 14.4 Å². The number of carbonyl (C=O) groups excluding carboxylic acids is 3. The van der Waals surface area contributed by atoms with Crippen molar-refractivity contribution in [1.82, 2.24) is 10.5 Å². The zero-order chi connectivity index (χ0) is 23.8. The molecule has 3 rings (SSSR count). The van der Waals surface area contributed by atoms with Gasteiger partial charge in [0.25, 0.3) is 5.91 Å². The molecule has 3 aromatic rings. The first-order valence-corrected chi connectivity index (χ1v) is 11.4. The Morgan fingerprint density at radius 2 is 1.76 bits per heavy atom. The number of anilines is 2. The predicted octanol–water partition coefficient (Wildman–Crippen LogP) is 3.92. The third-order valence-corrected chi connectivity index (χ3v) is 5.88. The lowest BCUT2D eigenvalue weighted by Gasteiger charge is -2.13. The SMILES string of the molecule is Cc1ccc(CNC(=O)c2ccccc2NC(=O)CSC(C)C(=O)Nc2cc(C)on2)cc1. The summed E-state index contributed by atoms with van der Waals surface area (Å²) in [6, 6.07) is 16.3. The minimum absolute atomic E-state index is 0.0474. The van der Waals surface area contributed by atoms with Crippen LogP contribution in [0.3, 0.4) is 0 Å². The first kappa shape index (κ1) is 24.1. The van der Waals surface area contributed by atoms with Crippen LogP contribution in [0.5, 0.6) is 0 Å². The Balaban J connectivity index is 1.51. The van der Waals surface area contributed by atoms with Gasteiger partial charge in [-0.05, 0) is 38.5 Å². The molecule has 8 nitrogen and oxygen atoms in total. The zero-order valence-electron chi connectivity index (χ0n) is 18.7. The van der Waals surface area contributed by atoms with Gasteiger partial charge in [-0.15, -0.1) is 11.8 Å². The summed E-state index contributed by atoms with van der Waals surface area (Å²) >= 11 is 1.18. The molecule has 1 unspecified atom stereocenters. The second kappa shape index (κ2) is 11.3. The molecule has 3 N–H and O–H groups in total. The molecule has 9 heteroatoms. The van der Waals surface area contributed by atoms with Crippen LogP contribution in [0.4, 0.5) is 11.5 Å². The van der Waals surface area contributed by atoms with E-state index in [4.69, 9.17) is 4.52 Å². The third-order valence-electron chi connectivity index (χ3n) is 4.73. The lowest BCUT2D eigenvalue weighted by atomic mass is 10.1. The summed E-state index contributed by atoms with van der Waals surface area (Å²) in [5.41, 5.74) is 2.92. The molecule has 0 radical (unpaired) electrons. The van der Waals surface area contributed by atoms with Crippen molar-refractivity contribution >= 4 is 41.0 Å². The van der Waals surface area contributed by atoms with Crippen molar-refractivity contribution in [2.45, 2.75) is 32.6 Å². The zero-order valence-corrected chi connectivity index (χ0v) is 19.5. The topological polar surface area (TPSA) is 113 Å². The van der Waals surface area contributed by atoms with Crippen molar-refractivity contribution in [3.8, 4) is 0 Å². The summed E-state index contributed by atoms with van der Waals surface area (Å²) in [7, 11) is 0. The van der Waals surface area contributed by atoms with Gasteiger partial charge < -0.3 is 20.5 Å². The number of carbonyl (C=O) groups is 3. The number of nitrogens with one attached hydrogen (secondary N) is 3. The quantitative estimate of drug-likeness (QED) is 0.441. The van der Waals surface area contributed by atoms with Gasteiger partial charge in [0.05, 0.1) is 22.3 Å². The van der Waals surface area contributed by atoms with Crippen LogP contribution in [0.25, 0.3) is 0 Å². The summed E-state index contributed by atoms with van der Waals surface area (Å²) < 4.78 is 4.92. The predicted molar refractivity (Wildman–Crippen MR) is 129 cm³/mol. The number of aryl methyl sites for hydroxylation is 2. The van der Waals surface area contributed by atoms with Crippen molar-refractivity contribution < 1.29 is 18.9 Å². The number of hydrogen-bond donors (Lipinski definition) is 3. The Morgan fingerprint density at radius 1 is 1.03 bits per heavy atom. The van der Waals surface area contributed by atoms with Gasteiger partial charge in [-0.2, -0.15) is 0 Å². The lowest BCUT2D eigenvalue weighted by molar-refractivity contribution is -0.115. The number of thioether (sulfide) groups is 1. The van der Waals surface area contributed by atoms with Crippen molar-refractivity contribution in [2.24, 2.45) is 0 Å². The lowest BCUT2D eigenvalue weighted by Crippen LogP contribution is -2.26. The smallest absolute Gasteiger partial charge is 0.253 e. The van der Waals surface area contributed by atoms with Crippen LogP contribution in [0, 0.1) is 13.8 Å². The van der Waals surface area contributed by atoms with Gasteiger partial charge in [0.1, 0.15) is 5.76 Å². The largest absolute Gasteiger partial charge is 0.360 e. The molecule has 172 valence electrons. The second-order valence-electron chi connectivity index (χ2n) is 7.53. The van der Waals surface area contributed by atoms with Crippen molar-refractivity contribution in [1.29, 1.82) is 0 Å². The Morgan fingerprint density at radius 3 is 2.45 bits per heavy atom. The van der Waals surface area contributed by atoms with E-state index < -0.39 is 5.25 Å². The average molecular weight is 467 g/mol. The van der Waals surface area contributed by atoms with E-state index in [1.165, 1.54) is 11.8 Å². The molecule has 0 aliphatic rings. The Bertz CT molecular complexity index is 1130. The molecule has 3 amide bonds. The van der Waals surface area contributed by atoms with Gasteiger partial charge in [-0.25, -0.2) is 0 Å². The molecule has 0 saturated carbocycles. The highest BCUT2D eigenvalue weighted by Crippen LogP contribution is 2.18. The molecule has 0 saturated heterocycles. The number of rotatable bonds is 9. The van der Waals surface area contributed by atoms with E-state index in [0.717, 1.165) is 11.1 Å². The number of hydrogen-bond acceptors (Lipinski definition) is 6. The van der Waals surface area contributed by atoms with Crippen molar-refractivity contribution in [3.63, 3.8) is 0 Å². The maximum Gasteiger partial charge on any atom is 0.253 e. The van der Waals surface area contributed by atoms with Crippen LogP contribution < -0.4 is 16.0 Å². The summed E-state index contributed by atoms with van der Waals surface area (Å²) in [5, 5.41) is 11.5. The van der Waals surface area contributed by atoms with Crippen LogP contribution in [0.1, 0.15) is 34.2 Å². The highest BCUT2D eigenvalue weighted by molar-refractivity contribution is 8.01. The van der Waals surface area contributed by atoms with Gasteiger partial charge in [0.15, 0.2) is 5.82 Å². The Hall–Kier alpha value is -3.59. The van der Waals surface area contributed by atoms with Crippen LogP contribution in [-0.4, -0.2) is 33.9 Å². The molecular formula is C24H26N4O4S. The Labute approximate surface area is 196 Å². The minimum atomic E-state index is -0.485. The number of aromatic nitrogens is 1. The maximum atomic E-state index is 12.7. The normalized spacial score (nSPS) is 11.5. The van der Waals surface area contributed by atoms with E-state index in [2.05, 4.69) is 21.1 Å². The van der Waals surface area contributed by atoms with Gasteiger partial charge in [0.2, 0.25) is 11.8 Å². The maximum absolute atomic E-state index is 12.7. The molecule has 33 heavy (non-hydrogen) atoms. The summed E-state index contributed by atoms with van der Waals surface area (Å²) in [5.74, 6) is 0.0974. The molecule has 0 aliphatic carbocycles. The summed E-state index contributed by atoms with van der Waals surface area (Å²) in [6.07, 6.45) is 0. The van der Waals surface area contributed by atoms with Crippen molar-refractivity contribution in [3.05, 3.63) is 77.0 Å². The first-order chi connectivity index (χ1) is 15.8. The van der Waals surface area contributed by atoms with Crippen LogP contribution in [-0.2, 0) is 16.1 Å². The molecule has 1 heterocycles. The molecule has 0 aliphatic heterocycles. The van der Waals surface area contributed by atoms with E-state index in [1.54, 1.807) is 44.2 Å². The van der Waals surface area contributed by atoms with Crippen LogP contribution >= 0.6 is 11.8 Å². The van der Waals surface area contributed by atoms with E-state index in [0.29, 0.717) is 29.4 Å². The monoisotopic (exact) mass is 466 g/mol. The van der Waals surface area contributed by atoms with E-state index in [-0.39, 0.29) is 23.5 Å². The summed E-state index contributed by atoms with van der Waals surface area (Å²) in [4.78, 5) is 37.4. The second-order valence-corrected chi connectivity index (χ2v) is 8.86. The van der Waals surface area contributed by atoms with Crippen LogP contribution in [0.15, 0.2) is 59.1 Å². The van der Waals surface area contributed by atoms with E-state index in [9.17, 15) is 14.4 Å². The first-order valence-electron chi connectivity index (χ1n) is 10.4. The number of benzene rings is 2. The molecular weight excluding hydrogens is 440 g/mol. The van der Waals surface area contributed by atoms with Gasteiger partial charge in [-0.1, -0.05) is 47.1 Å². The number of amides is 3. The number of para-hydroxylation sites is 1. The summed E-state index contributed by atoms with van der Waals surface area (Å²) in [6.45, 7) is 5.82. The fraction of sp³-hybridized carbons (Fsp3) is 0.250. The third kappa shape index (κ3) is 7.21. The highest BCUT2D eigenvalue weighted by Gasteiger charge is 2.18. The molecule has 2 aromatic carbocycles. The van der Waals surface area contributed by atoms with Crippen LogP contribution in [0.2, 0.25) is 0 Å². The fourth-order valence-electron chi connectivity index (χ4n) is 2.89. The van der Waals surface area contributed by atoms with E-state index >= 15 is 0 Å². The molecule has 0 spiro atoms. The molecule has 1 aromatic heterocycles. The standard InChI is InChI=1S/C24H26N4O4S/c1-15-8-10-18(11-9-15)13-25-24(31)19-6-4-5-7-20(19)26-22(29)14-33-17(3)23(30)27-21-12-16(2)32-28-21/h4-12,17H,13-14H2,1-3H3,(H,25,31)(H,26,29)(H,27,28,30). The van der Waals surface area contributed by atoms with Gasteiger partial charge in [0, 0.05) is 12.6 Å². The number of nitrogens with zero attached hydrogens (tertiary/aromatic N) is 1. The molecule has 0 fully saturated rings. The highest BCUT2D eigenvalue weighted by atomic mass is 32.2. The molecule has 0 bridgehead atoms.